The molecule has 1 aromatic rings. The molecule has 1 rings (SSSR count). The van der Waals surface area contributed by atoms with Crippen LogP contribution in [0, 0.1) is 5.41 Å². The number of benzene rings is 1. The first kappa shape index (κ1) is 16.0. The van der Waals surface area contributed by atoms with Gasteiger partial charge in [-0.05, 0) is 49.5 Å². The molecule has 0 spiro atoms. The van der Waals surface area contributed by atoms with Crippen LogP contribution in [0.2, 0.25) is 0 Å². The van der Waals surface area contributed by atoms with E-state index < -0.39 is 0 Å². The number of phenolic OH excluding ortho intramolecular Hbond substituents is 1. The van der Waals surface area contributed by atoms with E-state index in [0.29, 0.717) is 18.3 Å². The molecule has 0 amide bonds. The van der Waals surface area contributed by atoms with Gasteiger partial charge in [-0.25, -0.2) is 0 Å². The fourth-order valence-electron chi connectivity index (χ4n) is 2.30. The van der Waals surface area contributed by atoms with Crippen molar-refractivity contribution in [3.05, 3.63) is 29.8 Å². The van der Waals surface area contributed by atoms with Crippen molar-refractivity contribution >= 4 is 0 Å². The summed E-state index contributed by atoms with van der Waals surface area (Å²) in [6.45, 7) is 11.6. The molecule has 0 bridgehead atoms. The number of aromatic hydroxyl groups is 1. The summed E-state index contributed by atoms with van der Waals surface area (Å²) in [5.74, 6) is 0.327. The number of hydrogen-bond acceptors (Lipinski definition) is 3. The van der Waals surface area contributed by atoms with E-state index in [1.54, 1.807) is 12.1 Å². The van der Waals surface area contributed by atoms with Gasteiger partial charge >= 0.3 is 0 Å². The third-order valence-electron chi connectivity index (χ3n) is 3.68. The minimum absolute atomic E-state index is 0.152. The molecule has 3 nitrogen and oxygen atoms in total. The van der Waals surface area contributed by atoms with Crippen molar-refractivity contribution in [3.63, 3.8) is 0 Å². The number of nitrogens with zero attached hydrogens (tertiary/aromatic N) is 1. The summed E-state index contributed by atoms with van der Waals surface area (Å²) in [6, 6.07) is 7.96. The van der Waals surface area contributed by atoms with Crippen LogP contribution in [0.25, 0.3) is 0 Å². The molecule has 0 aliphatic heterocycles. The molecule has 108 valence electrons. The predicted octanol–water partition coefficient (Wildman–Crippen LogP) is 2.63. The molecule has 1 unspecified atom stereocenters. The van der Waals surface area contributed by atoms with E-state index in [9.17, 15) is 5.11 Å². The van der Waals surface area contributed by atoms with Crippen molar-refractivity contribution in [1.29, 1.82) is 0 Å². The number of phenols is 1. The lowest BCUT2D eigenvalue weighted by Crippen LogP contribution is -2.43. The third kappa shape index (κ3) is 5.21. The Morgan fingerprint density at radius 3 is 2.32 bits per heavy atom. The molecular weight excluding hydrogens is 236 g/mol. The Labute approximate surface area is 117 Å². The molecule has 0 aliphatic rings. The van der Waals surface area contributed by atoms with Gasteiger partial charge in [0, 0.05) is 12.6 Å². The quantitative estimate of drug-likeness (QED) is 0.796. The summed E-state index contributed by atoms with van der Waals surface area (Å²) < 4.78 is 0. The fourth-order valence-corrected chi connectivity index (χ4v) is 2.30. The lowest BCUT2D eigenvalue weighted by Gasteiger charge is -2.35. The molecule has 0 saturated carbocycles. The van der Waals surface area contributed by atoms with Gasteiger partial charge in [-0.2, -0.15) is 0 Å². The van der Waals surface area contributed by atoms with Crippen LogP contribution in [0.15, 0.2) is 24.3 Å². The van der Waals surface area contributed by atoms with Crippen LogP contribution >= 0.6 is 0 Å². The molecule has 0 saturated heterocycles. The van der Waals surface area contributed by atoms with Crippen LogP contribution in [0.4, 0.5) is 0 Å². The zero-order valence-electron chi connectivity index (χ0n) is 12.7. The highest BCUT2D eigenvalue weighted by Crippen LogP contribution is 2.19. The van der Waals surface area contributed by atoms with Gasteiger partial charge in [0.15, 0.2) is 0 Å². The maximum Gasteiger partial charge on any atom is 0.115 e. The van der Waals surface area contributed by atoms with E-state index in [1.807, 2.05) is 12.1 Å². The van der Waals surface area contributed by atoms with Gasteiger partial charge in [0.1, 0.15) is 5.75 Å². The third-order valence-corrected chi connectivity index (χ3v) is 3.68. The molecule has 1 atom stereocenters. The van der Waals surface area contributed by atoms with Crippen molar-refractivity contribution in [2.24, 2.45) is 11.1 Å². The van der Waals surface area contributed by atoms with Gasteiger partial charge in [0.05, 0.1) is 0 Å². The first-order valence-corrected chi connectivity index (χ1v) is 7.10. The van der Waals surface area contributed by atoms with Crippen molar-refractivity contribution < 1.29 is 5.11 Å². The largest absolute Gasteiger partial charge is 0.508 e. The summed E-state index contributed by atoms with van der Waals surface area (Å²) in [6.07, 6.45) is 0.995. The lowest BCUT2D eigenvalue weighted by molar-refractivity contribution is 0.147. The van der Waals surface area contributed by atoms with E-state index in [0.717, 1.165) is 19.5 Å². The highest BCUT2D eigenvalue weighted by molar-refractivity contribution is 5.26. The van der Waals surface area contributed by atoms with E-state index >= 15 is 0 Å². The summed E-state index contributed by atoms with van der Waals surface area (Å²) >= 11 is 0. The Hall–Kier alpha value is -1.06. The zero-order chi connectivity index (χ0) is 14.5. The lowest BCUT2D eigenvalue weighted by atomic mass is 9.92. The molecule has 0 fully saturated rings. The maximum absolute atomic E-state index is 9.31. The maximum atomic E-state index is 9.31. The summed E-state index contributed by atoms with van der Waals surface area (Å²) in [4.78, 5) is 2.47. The molecule has 19 heavy (non-hydrogen) atoms. The van der Waals surface area contributed by atoms with E-state index in [2.05, 4.69) is 32.6 Å². The van der Waals surface area contributed by atoms with Crippen LogP contribution in [0.5, 0.6) is 5.75 Å². The zero-order valence-corrected chi connectivity index (χ0v) is 12.7. The molecule has 1 aromatic carbocycles. The molecule has 0 aromatic heterocycles. The first-order valence-electron chi connectivity index (χ1n) is 7.10. The Bertz CT molecular complexity index is 373. The summed E-state index contributed by atoms with van der Waals surface area (Å²) in [7, 11) is 0. The monoisotopic (exact) mass is 264 g/mol. The number of nitrogens with two attached hydrogens (primary N) is 1. The van der Waals surface area contributed by atoms with Crippen molar-refractivity contribution in [2.75, 3.05) is 19.6 Å². The van der Waals surface area contributed by atoms with E-state index in [4.69, 9.17) is 5.73 Å². The average molecular weight is 264 g/mol. The SMILES string of the molecule is CCN(CC(C)(C)CN)C(C)Cc1ccc(O)cc1. The Balaban J connectivity index is 2.63. The highest BCUT2D eigenvalue weighted by Gasteiger charge is 2.22. The molecule has 0 heterocycles. The van der Waals surface area contributed by atoms with Crippen LogP contribution in [-0.4, -0.2) is 35.7 Å². The van der Waals surface area contributed by atoms with Crippen LogP contribution in [0.1, 0.15) is 33.3 Å². The molecular formula is C16H28N2O. The Morgan fingerprint density at radius 2 is 1.84 bits per heavy atom. The topological polar surface area (TPSA) is 49.5 Å². The standard InChI is InChI=1S/C16H28N2O/c1-5-18(12-16(3,4)11-17)13(2)10-14-6-8-15(19)9-7-14/h6-9,13,19H,5,10-12,17H2,1-4H3. The van der Waals surface area contributed by atoms with Gasteiger partial charge in [0.25, 0.3) is 0 Å². The second-order valence-corrected chi connectivity index (χ2v) is 6.15. The number of hydrogen-bond donors (Lipinski definition) is 2. The molecule has 3 heteroatoms. The normalized spacial score (nSPS) is 13.8. The van der Waals surface area contributed by atoms with Crippen molar-refractivity contribution in [2.45, 2.75) is 40.2 Å². The van der Waals surface area contributed by atoms with E-state index in [1.165, 1.54) is 5.56 Å². The van der Waals surface area contributed by atoms with Crippen LogP contribution in [0.3, 0.4) is 0 Å². The van der Waals surface area contributed by atoms with E-state index in [-0.39, 0.29) is 5.41 Å². The fraction of sp³-hybridized carbons (Fsp3) is 0.625. The summed E-state index contributed by atoms with van der Waals surface area (Å²) in [5.41, 5.74) is 7.23. The predicted molar refractivity (Wildman–Crippen MR) is 81.4 cm³/mol. The summed E-state index contributed by atoms with van der Waals surface area (Å²) in [5, 5.41) is 9.31. The first-order chi connectivity index (χ1) is 8.88. The smallest absolute Gasteiger partial charge is 0.115 e. The molecule has 3 N–H and O–H groups in total. The number of likely N-dealkylation sites (N-methyl/N-ethyl adjacent to an activating group) is 1. The molecule has 0 aliphatic carbocycles. The van der Waals surface area contributed by atoms with Crippen LogP contribution < -0.4 is 5.73 Å². The second kappa shape index (κ2) is 6.92. The Kier molecular flexibility index (Phi) is 5.83. The second-order valence-electron chi connectivity index (χ2n) is 6.15. The van der Waals surface area contributed by atoms with Gasteiger partial charge in [0.2, 0.25) is 0 Å². The molecule has 0 radical (unpaired) electrons. The van der Waals surface area contributed by atoms with Gasteiger partial charge in [-0.1, -0.05) is 32.9 Å². The van der Waals surface area contributed by atoms with Crippen molar-refractivity contribution in [3.8, 4) is 5.75 Å². The van der Waals surface area contributed by atoms with Crippen LogP contribution in [-0.2, 0) is 6.42 Å². The highest BCUT2D eigenvalue weighted by atomic mass is 16.3. The number of rotatable bonds is 7. The Morgan fingerprint density at radius 1 is 1.26 bits per heavy atom. The minimum atomic E-state index is 0.152. The van der Waals surface area contributed by atoms with Crippen molar-refractivity contribution in [1.82, 2.24) is 4.90 Å². The minimum Gasteiger partial charge on any atom is -0.508 e. The van der Waals surface area contributed by atoms with Gasteiger partial charge < -0.3 is 15.7 Å². The van der Waals surface area contributed by atoms with Gasteiger partial charge in [-0.15, -0.1) is 0 Å². The van der Waals surface area contributed by atoms with Gasteiger partial charge in [-0.3, -0.25) is 0 Å². The average Bonchev–Trinajstić information content (AvgIpc) is 2.38.